The van der Waals surface area contributed by atoms with Gasteiger partial charge in [-0.25, -0.2) is 0 Å². The zero-order valence-corrected chi connectivity index (χ0v) is 16.8. The molecule has 28 heavy (non-hydrogen) atoms. The van der Waals surface area contributed by atoms with Crippen LogP contribution in [0.5, 0.6) is 0 Å². The van der Waals surface area contributed by atoms with Crippen LogP contribution in [0.15, 0.2) is 67.0 Å². The molecule has 0 saturated heterocycles. The van der Waals surface area contributed by atoms with Gasteiger partial charge in [0.25, 0.3) is 5.91 Å². The normalized spacial score (nSPS) is 12.0. The number of benzene rings is 1. The van der Waals surface area contributed by atoms with Crippen LogP contribution in [0.25, 0.3) is 11.3 Å². The van der Waals surface area contributed by atoms with Gasteiger partial charge in [0.1, 0.15) is 0 Å². The van der Waals surface area contributed by atoms with E-state index >= 15 is 0 Å². The lowest BCUT2D eigenvalue weighted by molar-refractivity contribution is 0.0740. The van der Waals surface area contributed by atoms with Gasteiger partial charge in [-0.2, -0.15) is 0 Å². The molecular formula is C23H26N4O. The minimum Gasteiger partial charge on any atom is -0.333 e. The van der Waals surface area contributed by atoms with Crippen LogP contribution in [-0.4, -0.2) is 46.8 Å². The van der Waals surface area contributed by atoms with Crippen LogP contribution in [0, 0.1) is 0 Å². The molecule has 144 valence electrons. The van der Waals surface area contributed by atoms with Crippen molar-refractivity contribution in [1.82, 2.24) is 19.8 Å². The van der Waals surface area contributed by atoms with E-state index in [4.69, 9.17) is 0 Å². The molecule has 0 bridgehead atoms. The highest BCUT2D eigenvalue weighted by atomic mass is 16.2. The maximum Gasteiger partial charge on any atom is 0.254 e. The molecule has 0 aliphatic rings. The minimum atomic E-state index is -0.0979. The van der Waals surface area contributed by atoms with E-state index in [1.807, 2.05) is 75.7 Å². The molecule has 0 spiro atoms. The molecule has 1 amide bonds. The molecule has 1 aromatic carbocycles. The molecule has 3 aromatic rings. The second-order valence-electron chi connectivity index (χ2n) is 7.21. The van der Waals surface area contributed by atoms with E-state index in [1.54, 1.807) is 18.1 Å². The summed E-state index contributed by atoms with van der Waals surface area (Å²) in [6.45, 7) is 2.84. The summed E-state index contributed by atoms with van der Waals surface area (Å²) in [6, 6.07) is 17.3. The van der Waals surface area contributed by atoms with Crippen molar-refractivity contribution in [3.8, 4) is 11.3 Å². The van der Waals surface area contributed by atoms with Gasteiger partial charge in [-0.1, -0.05) is 24.3 Å². The Morgan fingerprint density at radius 2 is 1.71 bits per heavy atom. The molecule has 0 aliphatic heterocycles. The third-order valence-electron chi connectivity index (χ3n) is 4.77. The standard InChI is InChI=1S/C23H26N4O/c1-17(21-7-5-6-14-24-21)27(4)23(28)20-11-9-19(10-12-20)22-13-8-18(15-25-22)16-26(2)3/h5-15,17H,16H2,1-4H3/t17-/m0/s1. The van der Waals surface area contributed by atoms with Gasteiger partial charge in [0.2, 0.25) is 0 Å². The van der Waals surface area contributed by atoms with Crippen molar-refractivity contribution in [2.75, 3.05) is 21.1 Å². The third-order valence-corrected chi connectivity index (χ3v) is 4.77. The Morgan fingerprint density at radius 1 is 0.964 bits per heavy atom. The Bertz CT molecular complexity index is 906. The summed E-state index contributed by atoms with van der Waals surface area (Å²) in [5.74, 6) is -0.0287. The second kappa shape index (κ2) is 8.76. The summed E-state index contributed by atoms with van der Waals surface area (Å²) in [5.41, 5.74) is 4.59. The zero-order valence-electron chi connectivity index (χ0n) is 16.8. The number of amides is 1. The Labute approximate surface area is 166 Å². The van der Waals surface area contributed by atoms with Gasteiger partial charge >= 0.3 is 0 Å². The summed E-state index contributed by atoms with van der Waals surface area (Å²) in [6.07, 6.45) is 3.65. The van der Waals surface area contributed by atoms with Crippen LogP contribution in [0.2, 0.25) is 0 Å². The number of carbonyl (C=O) groups excluding carboxylic acids is 1. The smallest absolute Gasteiger partial charge is 0.254 e. The lowest BCUT2D eigenvalue weighted by Gasteiger charge is -2.24. The number of pyridine rings is 2. The maximum absolute atomic E-state index is 12.8. The highest BCUT2D eigenvalue weighted by Crippen LogP contribution is 2.21. The molecule has 0 unspecified atom stereocenters. The van der Waals surface area contributed by atoms with E-state index in [0.717, 1.165) is 23.5 Å². The molecule has 1 atom stereocenters. The van der Waals surface area contributed by atoms with Crippen LogP contribution >= 0.6 is 0 Å². The highest BCUT2D eigenvalue weighted by Gasteiger charge is 2.19. The van der Waals surface area contributed by atoms with Crippen molar-refractivity contribution in [3.05, 3.63) is 83.8 Å². The van der Waals surface area contributed by atoms with E-state index in [0.29, 0.717) is 5.56 Å². The number of hydrogen-bond acceptors (Lipinski definition) is 4. The minimum absolute atomic E-state index is 0.0287. The Hall–Kier alpha value is -3.05. The number of aromatic nitrogens is 2. The van der Waals surface area contributed by atoms with Crippen molar-refractivity contribution in [3.63, 3.8) is 0 Å². The highest BCUT2D eigenvalue weighted by molar-refractivity contribution is 5.94. The van der Waals surface area contributed by atoms with Crippen molar-refractivity contribution < 1.29 is 4.79 Å². The van der Waals surface area contributed by atoms with E-state index in [-0.39, 0.29) is 11.9 Å². The number of nitrogens with zero attached hydrogens (tertiary/aromatic N) is 4. The van der Waals surface area contributed by atoms with E-state index in [9.17, 15) is 4.79 Å². The first-order chi connectivity index (χ1) is 13.5. The SMILES string of the molecule is C[C@@H](c1ccccn1)N(C)C(=O)c1ccc(-c2ccc(CN(C)C)cn2)cc1. The molecular weight excluding hydrogens is 348 g/mol. The summed E-state index contributed by atoms with van der Waals surface area (Å²) in [4.78, 5) is 25.6. The topological polar surface area (TPSA) is 49.3 Å². The second-order valence-corrected chi connectivity index (χ2v) is 7.21. The summed E-state index contributed by atoms with van der Waals surface area (Å²) in [7, 11) is 5.88. The fourth-order valence-corrected chi connectivity index (χ4v) is 3.04. The first-order valence-electron chi connectivity index (χ1n) is 9.34. The lowest BCUT2D eigenvalue weighted by Crippen LogP contribution is -2.30. The van der Waals surface area contributed by atoms with E-state index in [1.165, 1.54) is 5.56 Å². The van der Waals surface area contributed by atoms with Gasteiger partial charge in [0, 0.05) is 37.1 Å². The monoisotopic (exact) mass is 374 g/mol. The lowest BCUT2D eigenvalue weighted by atomic mass is 10.1. The molecule has 0 N–H and O–H groups in total. The van der Waals surface area contributed by atoms with Crippen molar-refractivity contribution in [1.29, 1.82) is 0 Å². The first-order valence-corrected chi connectivity index (χ1v) is 9.34. The molecule has 5 heteroatoms. The molecule has 0 saturated carbocycles. The largest absolute Gasteiger partial charge is 0.333 e. The number of rotatable bonds is 6. The molecule has 0 radical (unpaired) electrons. The maximum atomic E-state index is 12.8. The van der Waals surface area contributed by atoms with Crippen LogP contribution in [-0.2, 0) is 6.54 Å². The Balaban J connectivity index is 1.72. The Kier molecular flexibility index (Phi) is 6.16. The van der Waals surface area contributed by atoms with Crippen molar-refractivity contribution in [2.24, 2.45) is 0 Å². The Morgan fingerprint density at radius 3 is 2.29 bits per heavy atom. The van der Waals surface area contributed by atoms with Gasteiger partial charge in [0.15, 0.2) is 0 Å². The number of hydrogen-bond donors (Lipinski definition) is 0. The molecule has 0 aliphatic carbocycles. The summed E-state index contributed by atoms with van der Waals surface area (Å²) >= 11 is 0. The van der Waals surface area contributed by atoms with E-state index < -0.39 is 0 Å². The fourth-order valence-electron chi connectivity index (χ4n) is 3.04. The summed E-state index contributed by atoms with van der Waals surface area (Å²) in [5, 5.41) is 0. The van der Waals surface area contributed by atoms with Crippen LogP contribution in [0.3, 0.4) is 0 Å². The number of carbonyl (C=O) groups is 1. The molecule has 2 aromatic heterocycles. The molecule has 5 nitrogen and oxygen atoms in total. The predicted octanol–water partition coefficient (Wildman–Crippen LogP) is 4.04. The quantitative estimate of drug-likeness (QED) is 0.653. The fraction of sp³-hybridized carbons (Fsp3) is 0.261. The predicted molar refractivity (Wildman–Crippen MR) is 112 cm³/mol. The summed E-state index contributed by atoms with van der Waals surface area (Å²) < 4.78 is 0. The average molecular weight is 374 g/mol. The van der Waals surface area contributed by atoms with Gasteiger partial charge in [-0.15, -0.1) is 0 Å². The van der Waals surface area contributed by atoms with Crippen molar-refractivity contribution >= 4 is 5.91 Å². The van der Waals surface area contributed by atoms with Gasteiger partial charge in [-0.3, -0.25) is 14.8 Å². The van der Waals surface area contributed by atoms with Crippen LogP contribution in [0.4, 0.5) is 0 Å². The third kappa shape index (κ3) is 4.61. The first kappa shape index (κ1) is 19.7. The van der Waals surface area contributed by atoms with Gasteiger partial charge < -0.3 is 9.80 Å². The van der Waals surface area contributed by atoms with Gasteiger partial charge in [0.05, 0.1) is 17.4 Å². The van der Waals surface area contributed by atoms with Crippen LogP contribution < -0.4 is 0 Å². The molecule has 3 rings (SSSR count). The van der Waals surface area contributed by atoms with E-state index in [2.05, 4.69) is 20.9 Å². The molecule has 2 heterocycles. The van der Waals surface area contributed by atoms with Crippen LogP contribution in [0.1, 0.15) is 34.6 Å². The molecule has 0 fully saturated rings. The van der Waals surface area contributed by atoms with Crippen molar-refractivity contribution in [2.45, 2.75) is 19.5 Å². The van der Waals surface area contributed by atoms with Gasteiger partial charge in [-0.05, 0) is 56.9 Å². The zero-order chi connectivity index (χ0) is 20.1. The average Bonchev–Trinajstić information content (AvgIpc) is 2.73.